The fraction of sp³-hybridized carbons (Fsp3) is 0.625. The predicted molar refractivity (Wildman–Crippen MR) is 42.8 cm³/mol. The van der Waals surface area contributed by atoms with E-state index in [-0.39, 0.29) is 12.0 Å². The van der Waals surface area contributed by atoms with E-state index in [0.717, 1.165) is 5.69 Å². The number of nitrogens with zero attached hydrogens (tertiary/aromatic N) is 2. The Bertz CT molecular complexity index is 272. The highest BCUT2D eigenvalue weighted by Gasteiger charge is 2.29. The molecule has 0 radical (unpaired) electrons. The van der Waals surface area contributed by atoms with E-state index in [1.165, 1.54) is 0 Å². The number of aliphatic hydroxyl groups is 1. The van der Waals surface area contributed by atoms with Crippen LogP contribution < -0.4 is 0 Å². The van der Waals surface area contributed by atoms with E-state index in [4.69, 9.17) is 4.74 Å². The van der Waals surface area contributed by atoms with Crippen LogP contribution in [0.15, 0.2) is 12.3 Å². The van der Waals surface area contributed by atoms with Crippen molar-refractivity contribution in [1.82, 2.24) is 9.78 Å². The van der Waals surface area contributed by atoms with Gasteiger partial charge in [-0.1, -0.05) is 0 Å². The van der Waals surface area contributed by atoms with Crippen molar-refractivity contribution in [2.75, 3.05) is 13.2 Å². The van der Waals surface area contributed by atoms with Crippen molar-refractivity contribution in [3.8, 4) is 0 Å². The molecule has 12 heavy (non-hydrogen) atoms. The van der Waals surface area contributed by atoms with Crippen molar-refractivity contribution in [2.45, 2.75) is 12.0 Å². The van der Waals surface area contributed by atoms with Crippen molar-refractivity contribution in [3.63, 3.8) is 0 Å². The van der Waals surface area contributed by atoms with E-state index in [1.807, 2.05) is 19.3 Å². The summed E-state index contributed by atoms with van der Waals surface area (Å²) in [4.78, 5) is 0. The molecule has 4 heteroatoms. The molecule has 2 rings (SSSR count). The maximum atomic E-state index is 9.48. The van der Waals surface area contributed by atoms with Gasteiger partial charge in [-0.05, 0) is 6.07 Å². The van der Waals surface area contributed by atoms with Gasteiger partial charge >= 0.3 is 0 Å². The number of aromatic nitrogens is 2. The van der Waals surface area contributed by atoms with Crippen molar-refractivity contribution >= 4 is 0 Å². The molecule has 1 saturated heterocycles. The van der Waals surface area contributed by atoms with Gasteiger partial charge in [0, 0.05) is 13.2 Å². The summed E-state index contributed by atoms with van der Waals surface area (Å²) < 4.78 is 6.87. The third-order valence-corrected chi connectivity index (χ3v) is 2.16. The zero-order chi connectivity index (χ0) is 8.55. The first-order valence-corrected chi connectivity index (χ1v) is 4.03. The highest BCUT2D eigenvalue weighted by atomic mass is 16.5. The third kappa shape index (κ3) is 1.23. The summed E-state index contributed by atoms with van der Waals surface area (Å²) in [6.45, 7) is 1.01. The minimum absolute atomic E-state index is 0.0613. The van der Waals surface area contributed by atoms with Crippen molar-refractivity contribution in [2.24, 2.45) is 7.05 Å². The van der Waals surface area contributed by atoms with E-state index >= 15 is 0 Å². The van der Waals surface area contributed by atoms with Gasteiger partial charge in [0.15, 0.2) is 0 Å². The van der Waals surface area contributed by atoms with Crippen LogP contribution in [-0.2, 0) is 11.8 Å². The Morgan fingerprint density at radius 2 is 2.50 bits per heavy atom. The summed E-state index contributed by atoms with van der Waals surface area (Å²) in [5.74, 6) is 0.0613. The topological polar surface area (TPSA) is 47.3 Å². The first-order valence-electron chi connectivity index (χ1n) is 4.03. The Labute approximate surface area is 70.8 Å². The van der Waals surface area contributed by atoms with Gasteiger partial charge in [0.05, 0.1) is 30.9 Å². The maximum absolute atomic E-state index is 9.48. The lowest BCUT2D eigenvalue weighted by Crippen LogP contribution is -2.16. The highest BCUT2D eigenvalue weighted by molar-refractivity contribution is 5.10. The number of ether oxygens (including phenoxy) is 1. The van der Waals surface area contributed by atoms with Gasteiger partial charge in [-0.25, -0.2) is 0 Å². The van der Waals surface area contributed by atoms with Crippen LogP contribution in [0, 0.1) is 0 Å². The minimum Gasteiger partial charge on any atom is -0.390 e. The van der Waals surface area contributed by atoms with Gasteiger partial charge in [-0.15, -0.1) is 0 Å². The largest absolute Gasteiger partial charge is 0.390 e. The summed E-state index contributed by atoms with van der Waals surface area (Å²) >= 11 is 0. The molecule has 66 valence electrons. The van der Waals surface area contributed by atoms with Crippen molar-refractivity contribution in [3.05, 3.63) is 18.0 Å². The normalized spacial score (nSPS) is 29.5. The summed E-state index contributed by atoms with van der Waals surface area (Å²) in [5.41, 5.74) is 0.919. The second-order valence-corrected chi connectivity index (χ2v) is 3.13. The standard InChI is InChI=1S/C8H12N2O2/c1-10-3-2-7(9-10)6-4-12-5-8(6)11/h2-3,6,8,11H,4-5H2,1H3/t6-,8+/m0/s1. The quantitative estimate of drug-likeness (QED) is 0.636. The van der Waals surface area contributed by atoms with Crippen LogP contribution in [0.4, 0.5) is 0 Å². The zero-order valence-corrected chi connectivity index (χ0v) is 6.97. The number of hydrogen-bond acceptors (Lipinski definition) is 3. The van der Waals surface area contributed by atoms with Crippen molar-refractivity contribution < 1.29 is 9.84 Å². The van der Waals surface area contributed by atoms with Gasteiger partial charge in [-0.3, -0.25) is 4.68 Å². The molecule has 2 heterocycles. The molecule has 1 fully saturated rings. The lowest BCUT2D eigenvalue weighted by molar-refractivity contribution is 0.124. The van der Waals surface area contributed by atoms with Gasteiger partial charge in [0.1, 0.15) is 0 Å². The Morgan fingerprint density at radius 1 is 1.67 bits per heavy atom. The highest BCUT2D eigenvalue weighted by Crippen LogP contribution is 2.23. The Hall–Kier alpha value is -0.870. The van der Waals surface area contributed by atoms with Gasteiger partial charge in [-0.2, -0.15) is 5.10 Å². The van der Waals surface area contributed by atoms with Gasteiger partial charge < -0.3 is 9.84 Å². The molecule has 0 spiro atoms. The zero-order valence-electron chi connectivity index (χ0n) is 6.97. The van der Waals surface area contributed by atoms with Crippen LogP contribution >= 0.6 is 0 Å². The average molecular weight is 168 g/mol. The first-order chi connectivity index (χ1) is 5.77. The molecule has 1 aromatic heterocycles. The van der Waals surface area contributed by atoms with Crippen LogP contribution in [0.2, 0.25) is 0 Å². The third-order valence-electron chi connectivity index (χ3n) is 2.16. The molecular weight excluding hydrogens is 156 g/mol. The molecule has 1 aromatic rings. The predicted octanol–water partition coefficient (Wildman–Crippen LogP) is -0.105. The maximum Gasteiger partial charge on any atom is 0.0880 e. The minimum atomic E-state index is -0.389. The van der Waals surface area contributed by atoms with Crippen LogP contribution in [0.25, 0.3) is 0 Å². The van der Waals surface area contributed by atoms with E-state index in [0.29, 0.717) is 13.2 Å². The number of aliphatic hydroxyl groups excluding tert-OH is 1. The molecule has 0 unspecified atom stereocenters. The lowest BCUT2D eigenvalue weighted by Gasteiger charge is -2.07. The Kier molecular flexibility index (Phi) is 1.86. The van der Waals surface area contributed by atoms with Gasteiger partial charge in [0.25, 0.3) is 0 Å². The van der Waals surface area contributed by atoms with E-state index < -0.39 is 0 Å². The molecule has 0 saturated carbocycles. The first kappa shape index (κ1) is 7.76. The summed E-state index contributed by atoms with van der Waals surface area (Å²) in [7, 11) is 1.87. The van der Waals surface area contributed by atoms with Crippen LogP contribution in [0.3, 0.4) is 0 Å². The molecule has 0 aliphatic carbocycles. The van der Waals surface area contributed by atoms with E-state index in [1.54, 1.807) is 4.68 Å². The molecule has 1 N–H and O–H groups in total. The van der Waals surface area contributed by atoms with Crippen LogP contribution in [-0.4, -0.2) is 34.2 Å². The van der Waals surface area contributed by atoms with Gasteiger partial charge in [0.2, 0.25) is 0 Å². The van der Waals surface area contributed by atoms with Crippen LogP contribution in [0.1, 0.15) is 11.6 Å². The second-order valence-electron chi connectivity index (χ2n) is 3.13. The van der Waals surface area contributed by atoms with Crippen LogP contribution in [0.5, 0.6) is 0 Å². The van der Waals surface area contributed by atoms with E-state index in [2.05, 4.69) is 5.10 Å². The summed E-state index contributed by atoms with van der Waals surface area (Å²) in [6.07, 6.45) is 1.49. The SMILES string of the molecule is Cn1ccc([C@@H]2COC[C@H]2O)n1. The Balaban J connectivity index is 2.19. The smallest absolute Gasteiger partial charge is 0.0880 e. The van der Waals surface area contributed by atoms with E-state index in [9.17, 15) is 5.11 Å². The molecule has 1 aliphatic heterocycles. The molecule has 0 amide bonds. The summed E-state index contributed by atoms with van der Waals surface area (Å²) in [6, 6.07) is 1.92. The average Bonchev–Trinajstić information content (AvgIpc) is 2.58. The molecule has 4 nitrogen and oxygen atoms in total. The Morgan fingerprint density at radius 3 is 3.00 bits per heavy atom. The molecule has 0 aromatic carbocycles. The van der Waals surface area contributed by atoms with Crippen molar-refractivity contribution in [1.29, 1.82) is 0 Å². The lowest BCUT2D eigenvalue weighted by atomic mass is 10.0. The fourth-order valence-corrected chi connectivity index (χ4v) is 1.46. The summed E-state index contributed by atoms with van der Waals surface area (Å²) in [5, 5.41) is 13.7. The monoisotopic (exact) mass is 168 g/mol. The number of hydrogen-bond donors (Lipinski definition) is 1. The molecule has 1 aliphatic rings. The number of rotatable bonds is 1. The molecule has 0 bridgehead atoms. The molecule has 2 atom stereocenters. The molecular formula is C8H12N2O2. The number of aryl methyl sites for hydroxylation is 1. The second kappa shape index (κ2) is 2.88. The fourth-order valence-electron chi connectivity index (χ4n) is 1.46.